The van der Waals surface area contributed by atoms with Gasteiger partial charge in [-0.3, -0.25) is 5.10 Å². The Balaban J connectivity index is 1.60. The smallest absolute Gasteiger partial charge is 0.281 e. The van der Waals surface area contributed by atoms with Crippen molar-refractivity contribution >= 4 is 11.0 Å². The number of H-pyrrole nitrogens is 1. The van der Waals surface area contributed by atoms with E-state index in [1.54, 1.807) is 6.20 Å². The zero-order valence-electron chi connectivity index (χ0n) is 12.0. The molecule has 2 atom stereocenters. The largest absolute Gasteiger partial charge is 0.416 e. The van der Waals surface area contributed by atoms with E-state index in [-0.39, 0.29) is 6.04 Å². The maximum atomic E-state index is 12.8. The van der Waals surface area contributed by atoms with E-state index in [1.807, 2.05) is 4.31 Å². The first-order valence-corrected chi connectivity index (χ1v) is 8.44. The normalized spacial score (nSPS) is 23.0. The van der Waals surface area contributed by atoms with Gasteiger partial charge < -0.3 is 0 Å². The summed E-state index contributed by atoms with van der Waals surface area (Å²) in [5, 5.41) is 6.95. The van der Waals surface area contributed by atoms with Crippen molar-refractivity contribution in [3.8, 4) is 0 Å². The molecule has 1 aromatic heterocycles. The molecule has 0 radical (unpaired) electrons. The molecular weight excluding hydrogens is 327 g/mol. The van der Waals surface area contributed by atoms with E-state index < -0.39 is 22.7 Å². The minimum absolute atomic E-state index is 0.0341. The second-order valence-corrected chi connectivity index (χ2v) is 7.37. The Bertz CT molecular complexity index is 752. The predicted molar refractivity (Wildman–Crippen MR) is 77.4 cm³/mol. The number of hydrogen-bond acceptors (Lipinski definition) is 2. The van der Waals surface area contributed by atoms with Gasteiger partial charge in [-0.2, -0.15) is 18.3 Å². The standard InChI is InChI=1S/C15H14F3N3OS/c16-15(17,18)10-3-5-11(6-4-10)23(22)21-8-13-12(7-19-20-13)14(21)9-1-2-9/h3-7,9,14H,1-2,8H2,(H,19,20). The lowest BCUT2D eigenvalue weighted by Crippen LogP contribution is -2.26. The van der Waals surface area contributed by atoms with Crippen molar-refractivity contribution in [3.05, 3.63) is 47.3 Å². The summed E-state index contributed by atoms with van der Waals surface area (Å²) in [5.74, 6) is 0.451. The second kappa shape index (κ2) is 5.17. The van der Waals surface area contributed by atoms with Crippen LogP contribution < -0.4 is 0 Å². The van der Waals surface area contributed by atoms with E-state index in [2.05, 4.69) is 10.2 Å². The van der Waals surface area contributed by atoms with Crippen molar-refractivity contribution in [2.75, 3.05) is 0 Å². The van der Waals surface area contributed by atoms with E-state index >= 15 is 0 Å². The van der Waals surface area contributed by atoms with Crippen LogP contribution in [0.5, 0.6) is 0 Å². The Morgan fingerprint density at radius 2 is 1.91 bits per heavy atom. The highest BCUT2D eigenvalue weighted by molar-refractivity contribution is 7.82. The van der Waals surface area contributed by atoms with Crippen LogP contribution in [0.3, 0.4) is 0 Å². The fourth-order valence-corrected chi connectivity index (χ4v) is 4.45. The van der Waals surface area contributed by atoms with Crippen LogP contribution in [-0.4, -0.2) is 18.7 Å². The lowest BCUT2D eigenvalue weighted by Gasteiger charge is -2.23. The molecule has 1 fully saturated rings. The summed E-state index contributed by atoms with van der Waals surface area (Å²) in [7, 11) is -1.49. The van der Waals surface area contributed by atoms with Crippen LogP contribution in [-0.2, 0) is 23.7 Å². The van der Waals surface area contributed by atoms with Crippen molar-refractivity contribution in [3.63, 3.8) is 0 Å². The fourth-order valence-electron chi connectivity index (χ4n) is 3.07. The van der Waals surface area contributed by atoms with E-state index in [0.29, 0.717) is 17.4 Å². The Hall–Kier alpha value is -1.67. The van der Waals surface area contributed by atoms with Crippen LogP contribution in [0.25, 0.3) is 0 Å². The van der Waals surface area contributed by atoms with Gasteiger partial charge in [0.1, 0.15) is 11.0 Å². The number of aromatic nitrogens is 2. The summed E-state index contributed by atoms with van der Waals surface area (Å²) in [4.78, 5) is 0.391. The monoisotopic (exact) mass is 341 g/mol. The first-order chi connectivity index (χ1) is 10.9. The Morgan fingerprint density at radius 3 is 2.52 bits per heavy atom. The predicted octanol–water partition coefficient (Wildman–Crippen LogP) is 3.42. The van der Waals surface area contributed by atoms with Gasteiger partial charge in [0.15, 0.2) is 0 Å². The second-order valence-electron chi connectivity index (χ2n) is 5.93. The van der Waals surface area contributed by atoms with E-state index in [4.69, 9.17) is 0 Å². The fraction of sp³-hybridized carbons (Fsp3) is 0.400. The SMILES string of the molecule is O=S(c1ccc(C(F)(F)F)cc1)N1Cc2[nH]ncc2C1C1CC1. The van der Waals surface area contributed by atoms with E-state index in [0.717, 1.165) is 36.2 Å². The zero-order valence-corrected chi connectivity index (χ0v) is 12.8. The molecule has 4 rings (SSSR count). The van der Waals surface area contributed by atoms with Gasteiger partial charge in [0.25, 0.3) is 0 Å². The topological polar surface area (TPSA) is 49.0 Å². The van der Waals surface area contributed by atoms with Gasteiger partial charge in [0.2, 0.25) is 0 Å². The number of aromatic amines is 1. The Labute approximate surface area is 133 Å². The number of rotatable bonds is 3. The van der Waals surface area contributed by atoms with Crippen LogP contribution in [0.15, 0.2) is 35.4 Å². The summed E-state index contributed by atoms with van der Waals surface area (Å²) in [5.41, 5.74) is 1.28. The Kier molecular flexibility index (Phi) is 3.35. The number of alkyl halides is 3. The molecule has 1 aliphatic carbocycles. The highest BCUT2D eigenvalue weighted by atomic mass is 32.2. The first kappa shape index (κ1) is 14.9. The molecule has 8 heteroatoms. The molecule has 1 saturated carbocycles. The number of nitrogens with zero attached hydrogens (tertiary/aromatic N) is 2. The van der Waals surface area contributed by atoms with Crippen molar-refractivity contribution in [1.29, 1.82) is 0 Å². The van der Waals surface area contributed by atoms with Gasteiger partial charge in [-0.05, 0) is 43.0 Å². The number of hydrogen-bond donors (Lipinski definition) is 1. The minimum Gasteiger partial charge on any atom is -0.281 e. The van der Waals surface area contributed by atoms with Gasteiger partial charge in [-0.1, -0.05) is 0 Å². The van der Waals surface area contributed by atoms with Gasteiger partial charge in [-0.15, -0.1) is 0 Å². The summed E-state index contributed by atoms with van der Waals surface area (Å²) in [6.07, 6.45) is -0.457. The lowest BCUT2D eigenvalue weighted by molar-refractivity contribution is -0.137. The molecule has 4 nitrogen and oxygen atoms in total. The third-order valence-corrected chi connectivity index (χ3v) is 5.82. The van der Waals surface area contributed by atoms with Crippen molar-refractivity contribution < 1.29 is 17.4 Å². The molecule has 122 valence electrons. The summed E-state index contributed by atoms with van der Waals surface area (Å²) in [6.45, 7) is 0.476. The van der Waals surface area contributed by atoms with E-state index in [1.165, 1.54) is 12.1 Å². The molecule has 1 N–H and O–H groups in total. The minimum atomic E-state index is -4.38. The van der Waals surface area contributed by atoms with Crippen LogP contribution in [0.1, 0.15) is 35.7 Å². The maximum Gasteiger partial charge on any atom is 0.416 e. The lowest BCUT2D eigenvalue weighted by atomic mass is 10.1. The van der Waals surface area contributed by atoms with Crippen LogP contribution >= 0.6 is 0 Å². The van der Waals surface area contributed by atoms with Gasteiger partial charge in [0.05, 0.1) is 34.9 Å². The molecule has 0 amide bonds. The summed E-state index contributed by atoms with van der Waals surface area (Å²) in [6, 6.07) is 4.60. The average molecular weight is 341 g/mol. The molecule has 1 aliphatic heterocycles. The number of benzene rings is 1. The molecule has 2 unspecified atom stereocenters. The molecule has 1 aromatic carbocycles. The zero-order chi connectivity index (χ0) is 16.2. The van der Waals surface area contributed by atoms with Crippen molar-refractivity contribution in [2.45, 2.75) is 36.5 Å². The number of fused-ring (bicyclic) bond motifs is 1. The van der Waals surface area contributed by atoms with Crippen LogP contribution in [0, 0.1) is 5.92 Å². The van der Waals surface area contributed by atoms with Gasteiger partial charge in [-0.25, -0.2) is 8.51 Å². The van der Waals surface area contributed by atoms with Gasteiger partial charge >= 0.3 is 6.18 Å². The third-order valence-electron chi connectivity index (χ3n) is 4.36. The quantitative estimate of drug-likeness (QED) is 0.930. The highest BCUT2D eigenvalue weighted by Crippen LogP contribution is 2.50. The Morgan fingerprint density at radius 1 is 1.22 bits per heavy atom. The van der Waals surface area contributed by atoms with Crippen molar-refractivity contribution in [2.24, 2.45) is 5.92 Å². The van der Waals surface area contributed by atoms with Gasteiger partial charge in [0, 0.05) is 5.56 Å². The molecule has 0 saturated heterocycles. The molecule has 2 aliphatic rings. The third kappa shape index (κ3) is 2.59. The molecule has 2 aromatic rings. The highest BCUT2D eigenvalue weighted by Gasteiger charge is 2.45. The molecule has 2 heterocycles. The number of halogens is 3. The van der Waals surface area contributed by atoms with Crippen LogP contribution in [0.4, 0.5) is 13.2 Å². The first-order valence-electron chi connectivity index (χ1n) is 7.33. The van der Waals surface area contributed by atoms with Crippen LogP contribution in [0.2, 0.25) is 0 Å². The summed E-state index contributed by atoms with van der Waals surface area (Å²) >= 11 is 0. The summed E-state index contributed by atoms with van der Waals surface area (Å²) < 4.78 is 52.6. The molecule has 23 heavy (non-hydrogen) atoms. The van der Waals surface area contributed by atoms with Crippen molar-refractivity contribution in [1.82, 2.24) is 14.5 Å². The van der Waals surface area contributed by atoms with E-state index in [9.17, 15) is 17.4 Å². The maximum absolute atomic E-state index is 12.8. The molecule has 0 spiro atoms. The number of nitrogens with one attached hydrogen (secondary N) is 1. The average Bonchev–Trinajstić information content (AvgIpc) is 3.13. The molecule has 0 bridgehead atoms. The molecular formula is C15H14F3N3OS.